The number of allylic oxidation sites excluding steroid dienone is 1. The fraction of sp³-hybridized carbons (Fsp3) is 0.0435. The van der Waals surface area contributed by atoms with Crippen LogP contribution in [0.3, 0.4) is 0 Å². The van der Waals surface area contributed by atoms with E-state index in [2.05, 4.69) is 169 Å². The zero-order valence-electron chi connectivity index (χ0n) is 26.4. The number of anilines is 3. The lowest BCUT2D eigenvalue weighted by molar-refractivity contribution is 0.998. The summed E-state index contributed by atoms with van der Waals surface area (Å²) in [6.45, 7) is 0. The van der Waals surface area contributed by atoms with E-state index in [1.807, 2.05) is 11.3 Å². The van der Waals surface area contributed by atoms with Gasteiger partial charge in [0.1, 0.15) is 0 Å². The maximum absolute atomic E-state index is 2.42. The third-order valence-corrected chi connectivity index (χ3v) is 11.3. The summed E-state index contributed by atoms with van der Waals surface area (Å²) in [7, 11) is 0. The number of fused-ring (bicyclic) bond motifs is 10. The minimum atomic E-state index is 1.10. The third-order valence-electron chi connectivity index (χ3n) is 10.1. The Kier molecular flexibility index (Phi) is 6.25. The summed E-state index contributed by atoms with van der Waals surface area (Å²) in [6.07, 6.45) is 6.79. The quantitative estimate of drug-likeness (QED) is 0.175. The zero-order valence-corrected chi connectivity index (χ0v) is 27.2. The second-order valence-electron chi connectivity index (χ2n) is 12.8. The lowest BCUT2D eigenvalue weighted by Gasteiger charge is -2.26. The average Bonchev–Trinajstić information content (AvgIpc) is 3.55. The molecule has 10 rings (SSSR count). The average molecular weight is 630 g/mol. The molecule has 8 aromatic carbocycles. The molecule has 2 heteroatoms. The molecule has 0 atom stereocenters. The van der Waals surface area contributed by atoms with Gasteiger partial charge in [0.2, 0.25) is 0 Å². The van der Waals surface area contributed by atoms with Crippen molar-refractivity contribution in [3.8, 4) is 11.1 Å². The molecule has 0 radical (unpaired) electrons. The van der Waals surface area contributed by atoms with Gasteiger partial charge in [0.25, 0.3) is 0 Å². The number of hydrogen-bond donors (Lipinski definition) is 0. The fourth-order valence-electron chi connectivity index (χ4n) is 7.92. The molecule has 0 saturated heterocycles. The normalized spacial score (nSPS) is 12.8. The topological polar surface area (TPSA) is 3.24 Å². The molecule has 0 spiro atoms. The highest BCUT2D eigenvalue weighted by molar-refractivity contribution is 7.26. The number of para-hydroxylation sites is 1. The van der Waals surface area contributed by atoms with Gasteiger partial charge in [-0.05, 0) is 110 Å². The molecular weight excluding hydrogens is 599 g/mol. The van der Waals surface area contributed by atoms with Crippen LogP contribution in [0.15, 0.2) is 158 Å². The second kappa shape index (κ2) is 10.9. The van der Waals surface area contributed by atoms with Crippen LogP contribution in [0.4, 0.5) is 17.1 Å². The molecule has 0 unspecified atom stereocenters. The molecule has 1 heterocycles. The van der Waals surface area contributed by atoms with Gasteiger partial charge in [-0.3, -0.25) is 0 Å². The summed E-state index contributed by atoms with van der Waals surface area (Å²) in [6, 6.07) is 56.0. The first kappa shape index (κ1) is 27.4. The summed E-state index contributed by atoms with van der Waals surface area (Å²) in [5.74, 6) is 0. The first-order valence-electron chi connectivity index (χ1n) is 16.7. The lowest BCUT2D eigenvalue weighted by Crippen LogP contribution is -2.09. The Labute approximate surface area is 283 Å². The van der Waals surface area contributed by atoms with E-state index < -0.39 is 0 Å². The number of rotatable bonds is 4. The van der Waals surface area contributed by atoms with E-state index in [1.165, 1.54) is 80.4 Å². The van der Waals surface area contributed by atoms with E-state index in [4.69, 9.17) is 0 Å². The van der Waals surface area contributed by atoms with Crippen LogP contribution >= 0.6 is 11.3 Å². The SMILES string of the molecule is C1=Cc2ccc3cc(-c4ccc(N(c5ccccc5)c5cccc6c5sc5ccc7ccccc7c56)cc4)c4ccccc4c3c2CC1. The second-order valence-corrected chi connectivity index (χ2v) is 13.8. The van der Waals surface area contributed by atoms with Gasteiger partial charge in [0.15, 0.2) is 0 Å². The molecule has 226 valence electrons. The van der Waals surface area contributed by atoms with E-state index >= 15 is 0 Å². The molecule has 9 aromatic rings. The van der Waals surface area contributed by atoms with Gasteiger partial charge >= 0.3 is 0 Å². The molecule has 48 heavy (non-hydrogen) atoms. The largest absolute Gasteiger partial charge is 0.309 e. The van der Waals surface area contributed by atoms with Crippen LogP contribution in [0.5, 0.6) is 0 Å². The van der Waals surface area contributed by atoms with Crippen molar-refractivity contribution < 1.29 is 0 Å². The van der Waals surface area contributed by atoms with Crippen molar-refractivity contribution in [1.82, 2.24) is 0 Å². The van der Waals surface area contributed by atoms with Gasteiger partial charge in [-0.2, -0.15) is 0 Å². The monoisotopic (exact) mass is 629 g/mol. The molecule has 1 aliphatic carbocycles. The minimum Gasteiger partial charge on any atom is -0.309 e. The molecular formula is C46H31NS. The predicted molar refractivity (Wildman–Crippen MR) is 209 cm³/mol. The fourth-order valence-corrected chi connectivity index (χ4v) is 9.14. The van der Waals surface area contributed by atoms with Crippen LogP contribution in [0.25, 0.3) is 69.7 Å². The highest BCUT2D eigenvalue weighted by Crippen LogP contribution is 2.47. The maximum atomic E-state index is 2.42. The van der Waals surface area contributed by atoms with Crippen molar-refractivity contribution >= 4 is 87.0 Å². The van der Waals surface area contributed by atoms with Crippen molar-refractivity contribution in [2.24, 2.45) is 0 Å². The standard InChI is InChI=1S/C46H31NS/c1-2-13-34(14-3-1)47(42-20-10-19-40-45-37-16-7-5-12-31(37)25-28-43(45)48-46(40)42)35-26-23-32(24-27-35)41-29-33-22-21-30-11-4-6-15-36(30)44(33)39-18-9-8-17-38(39)41/h1-5,7-14,16-29H,6,15H2. The highest BCUT2D eigenvalue weighted by Gasteiger charge is 2.20. The van der Waals surface area contributed by atoms with Crippen molar-refractivity contribution in [2.45, 2.75) is 12.8 Å². The summed E-state index contributed by atoms with van der Waals surface area (Å²) in [5, 5.41) is 10.6. The zero-order chi connectivity index (χ0) is 31.6. The molecule has 0 bridgehead atoms. The number of hydrogen-bond acceptors (Lipinski definition) is 2. The Balaban J connectivity index is 1.15. The van der Waals surface area contributed by atoms with Gasteiger partial charge in [-0.1, -0.05) is 121 Å². The van der Waals surface area contributed by atoms with Gasteiger partial charge in [-0.25, -0.2) is 0 Å². The maximum Gasteiger partial charge on any atom is 0.0640 e. The van der Waals surface area contributed by atoms with Gasteiger partial charge in [-0.15, -0.1) is 11.3 Å². The molecule has 0 aliphatic heterocycles. The van der Waals surface area contributed by atoms with Gasteiger partial charge in [0, 0.05) is 26.8 Å². The summed E-state index contributed by atoms with van der Waals surface area (Å²) in [5.41, 5.74) is 8.84. The summed E-state index contributed by atoms with van der Waals surface area (Å²) >= 11 is 1.89. The van der Waals surface area contributed by atoms with E-state index in [0.717, 1.165) is 24.2 Å². The molecule has 0 fully saturated rings. The van der Waals surface area contributed by atoms with Crippen molar-refractivity contribution in [3.05, 3.63) is 169 Å². The Morgan fingerprint density at radius 2 is 1.25 bits per heavy atom. The molecule has 1 aliphatic rings. The number of thiophene rings is 1. The van der Waals surface area contributed by atoms with Crippen LogP contribution < -0.4 is 4.90 Å². The Hall–Kier alpha value is -5.70. The Morgan fingerprint density at radius 3 is 2.12 bits per heavy atom. The summed E-state index contributed by atoms with van der Waals surface area (Å²) < 4.78 is 2.62. The molecule has 1 nitrogen and oxygen atoms in total. The van der Waals surface area contributed by atoms with Gasteiger partial charge < -0.3 is 4.90 Å². The van der Waals surface area contributed by atoms with Crippen LogP contribution in [0, 0.1) is 0 Å². The van der Waals surface area contributed by atoms with E-state index in [0.29, 0.717) is 0 Å². The van der Waals surface area contributed by atoms with Crippen molar-refractivity contribution in [3.63, 3.8) is 0 Å². The number of aryl methyl sites for hydroxylation is 1. The molecule has 0 amide bonds. The van der Waals surface area contributed by atoms with E-state index in [1.54, 1.807) is 0 Å². The van der Waals surface area contributed by atoms with E-state index in [-0.39, 0.29) is 0 Å². The van der Waals surface area contributed by atoms with Crippen LogP contribution in [0.1, 0.15) is 17.5 Å². The first-order valence-corrected chi connectivity index (χ1v) is 17.6. The molecule has 0 N–H and O–H groups in total. The smallest absolute Gasteiger partial charge is 0.0640 e. The molecule has 1 aromatic heterocycles. The minimum absolute atomic E-state index is 1.10. The summed E-state index contributed by atoms with van der Waals surface area (Å²) in [4.78, 5) is 2.42. The van der Waals surface area contributed by atoms with Crippen molar-refractivity contribution in [2.75, 3.05) is 4.90 Å². The number of benzene rings is 8. The van der Waals surface area contributed by atoms with Crippen LogP contribution in [0.2, 0.25) is 0 Å². The highest BCUT2D eigenvalue weighted by atomic mass is 32.1. The Morgan fingerprint density at radius 1 is 0.521 bits per heavy atom. The van der Waals surface area contributed by atoms with E-state index in [9.17, 15) is 0 Å². The number of nitrogens with zero attached hydrogens (tertiary/aromatic N) is 1. The first-order chi connectivity index (χ1) is 23.8. The van der Waals surface area contributed by atoms with Crippen molar-refractivity contribution in [1.29, 1.82) is 0 Å². The molecule has 0 saturated carbocycles. The predicted octanol–water partition coefficient (Wildman–Crippen LogP) is 13.6. The van der Waals surface area contributed by atoms with Crippen LogP contribution in [-0.4, -0.2) is 0 Å². The van der Waals surface area contributed by atoms with Crippen LogP contribution in [-0.2, 0) is 6.42 Å². The third kappa shape index (κ3) is 4.23. The van der Waals surface area contributed by atoms with Gasteiger partial charge in [0.05, 0.1) is 10.4 Å². The Bertz CT molecular complexity index is 2720. The lowest BCUT2D eigenvalue weighted by atomic mass is 9.86.